The average Bonchev–Trinajstić information content (AvgIpc) is 3.38. The van der Waals surface area contributed by atoms with E-state index in [9.17, 15) is 4.79 Å². The van der Waals surface area contributed by atoms with Crippen LogP contribution >= 0.6 is 11.3 Å². The van der Waals surface area contributed by atoms with E-state index in [4.69, 9.17) is 0 Å². The molecule has 3 aromatic heterocycles. The minimum Gasteiger partial charge on any atom is -0.321 e. The van der Waals surface area contributed by atoms with Crippen molar-refractivity contribution < 1.29 is 4.79 Å². The lowest BCUT2D eigenvalue weighted by atomic mass is 10.2. The number of hydrogen-bond acceptors (Lipinski definition) is 5. The lowest BCUT2D eigenvalue weighted by Crippen LogP contribution is -2.12. The van der Waals surface area contributed by atoms with Crippen LogP contribution in [0.25, 0.3) is 10.6 Å². The standard InChI is InChI=1S/C17H14N6OS/c24-17(15-8-14(21-22-15)16-2-1-7-25-16)20-13-5-3-12(4-6-13)9-23-11-18-10-19-23/h1-8,10-11H,9H2,(H,20,24)(H,21,22). The second-order valence-corrected chi connectivity index (χ2v) is 6.34. The Bertz CT molecular complexity index is 957. The van der Waals surface area contributed by atoms with Gasteiger partial charge in [0, 0.05) is 5.69 Å². The molecule has 0 saturated heterocycles. The monoisotopic (exact) mass is 350 g/mol. The first-order chi connectivity index (χ1) is 12.3. The maximum Gasteiger partial charge on any atom is 0.276 e. The van der Waals surface area contributed by atoms with Crippen LogP contribution in [0.5, 0.6) is 0 Å². The van der Waals surface area contributed by atoms with Gasteiger partial charge in [-0.3, -0.25) is 9.89 Å². The number of nitrogens with zero attached hydrogens (tertiary/aromatic N) is 4. The molecule has 0 saturated carbocycles. The number of aromatic amines is 1. The fourth-order valence-corrected chi connectivity index (χ4v) is 3.08. The summed E-state index contributed by atoms with van der Waals surface area (Å²) in [6, 6.07) is 13.3. The van der Waals surface area contributed by atoms with Gasteiger partial charge in [0.2, 0.25) is 0 Å². The van der Waals surface area contributed by atoms with Gasteiger partial charge in [0.25, 0.3) is 5.91 Å². The number of nitrogens with one attached hydrogen (secondary N) is 2. The Kier molecular flexibility index (Phi) is 4.09. The highest BCUT2D eigenvalue weighted by atomic mass is 32.1. The summed E-state index contributed by atoms with van der Waals surface area (Å²) >= 11 is 1.59. The summed E-state index contributed by atoms with van der Waals surface area (Å²) in [5.41, 5.74) is 2.98. The summed E-state index contributed by atoms with van der Waals surface area (Å²) in [5, 5.41) is 15.9. The first-order valence-corrected chi connectivity index (χ1v) is 8.48. The molecule has 8 heteroatoms. The Hall–Kier alpha value is -3.26. The van der Waals surface area contributed by atoms with E-state index in [1.54, 1.807) is 28.4 Å². The zero-order chi connectivity index (χ0) is 17.1. The Morgan fingerprint density at radius 1 is 1.24 bits per heavy atom. The zero-order valence-corrected chi connectivity index (χ0v) is 13.9. The first-order valence-electron chi connectivity index (χ1n) is 7.60. The first kappa shape index (κ1) is 15.3. The molecule has 4 aromatic rings. The molecule has 25 heavy (non-hydrogen) atoms. The van der Waals surface area contributed by atoms with Gasteiger partial charge in [-0.25, -0.2) is 9.67 Å². The summed E-state index contributed by atoms with van der Waals surface area (Å²) in [5.74, 6) is -0.247. The second kappa shape index (κ2) is 6.70. The van der Waals surface area contributed by atoms with Crippen LogP contribution in [0, 0.1) is 0 Å². The molecule has 0 aliphatic rings. The SMILES string of the molecule is O=C(Nc1ccc(Cn2cncn2)cc1)c1cc(-c2cccs2)[nH]n1. The number of carbonyl (C=O) groups excluding carboxylic acids is 1. The van der Waals surface area contributed by atoms with E-state index in [1.807, 2.05) is 41.8 Å². The Morgan fingerprint density at radius 2 is 2.12 bits per heavy atom. The molecular weight excluding hydrogens is 336 g/mol. The third-order valence-electron chi connectivity index (χ3n) is 3.62. The van der Waals surface area contributed by atoms with Crippen molar-refractivity contribution in [2.45, 2.75) is 6.54 Å². The highest BCUT2D eigenvalue weighted by Crippen LogP contribution is 2.23. The predicted octanol–water partition coefficient (Wildman–Crippen LogP) is 3.03. The topological polar surface area (TPSA) is 88.5 Å². The van der Waals surface area contributed by atoms with Gasteiger partial charge in [-0.2, -0.15) is 10.2 Å². The number of benzene rings is 1. The molecule has 0 bridgehead atoms. The van der Waals surface area contributed by atoms with Crippen molar-refractivity contribution in [2.75, 3.05) is 5.32 Å². The molecule has 2 N–H and O–H groups in total. The minimum absolute atomic E-state index is 0.247. The molecule has 0 atom stereocenters. The smallest absolute Gasteiger partial charge is 0.276 e. The molecule has 0 unspecified atom stereocenters. The van der Waals surface area contributed by atoms with Crippen LogP contribution in [0.3, 0.4) is 0 Å². The van der Waals surface area contributed by atoms with Crippen LogP contribution in [0.2, 0.25) is 0 Å². The second-order valence-electron chi connectivity index (χ2n) is 5.39. The third kappa shape index (κ3) is 3.48. The number of carbonyl (C=O) groups is 1. The summed E-state index contributed by atoms with van der Waals surface area (Å²) in [4.78, 5) is 17.3. The van der Waals surface area contributed by atoms with Gasteiger partial charge in [0.05, 0.1) is 17.1 Å². The van der Waals surface area contributed by atoms with E-state index in [-0.39, 0.29) is 5.91 Å². The van der Waals surface area contributed by atoms with Crippen molar-refractivity contribution in [3.8, 4) is 10.6 Å². The molecule has 0 fully saturated rings. The lowest BCUT2D eigenvalue weighted by Gasteiger charge is -2.05. The van der Waals surface area contributed by atoms with Crippen molar-refractivity contribution in [3.05, 3.63) is 71.8 Å². The zero-order valence-electron chi connectivity index (χ0n) is 13.1. The number of anilines is 1. The largest absolute Gasteiger partial charge is 0.321 e. The Morgan fingerprint density at radius 3 is 2.84 bits per heavy atom. The number of rotatable bonds is 5. The molecule has 0 spiro atoms. The van der Waals surface area contributed by atoms with Crippen LogP contribution < -0.4 is 5.32 Å². The van der Waals surface area contributed by atoms with E-state index in [0.717, 1.165) is 16.1 Å². The van der Waals surface area contributed by atoms with E-state index >= 15 is 0 Å². The van der Waals surface area contributed by atoms with Gasteiger partial charge in [0.15, 0.2) is 5.69 Å². The summed E-state index contributed by atoms with van der Waals surface area (Å²) in [7, 11) is 0. The molecule has 0 aliphatic heterocycles. The van der Waals surface area contributed by atoms with Gasteiger partial charge in [-0.1, -0.05) is 18.2 Å². The van der Waals surface area contributed by atoms with Crippen LogP contribution in [0.15, 0.2) is 60.5 Å². The average molecular weight is 350 g/mol. The van der Waals surface area contributed by atoms with Crippen LogP contribution in [-0.2, 0) is 6.54 Å². The van der Waals surface area contributed by atoms with E-state index in [2.05, 4.69) is 25.6 Å². The lowest BCUT2D eigenvalue weighted by molar-refractivity contribution is 0.102. The highest BCUT2D eigenvalue weighted by Gasteiger charge is 2.12. The predicted molar refractivity (Wildman–Crippen MR) is 95.4 cm³/mol. The molecule has 1 amide bonds. The normalized spacial score (nSPS) is 10.7. The van der Waals surface area contributed by atoms with Gasteiger partial charge in [-0.05, 0) is 35.2 Å². The quantitative estimate of drug-likeness (QED) is 0.579. The molecule has 3 heterocycles. The van der Waals surface area contributed by atoms with E-state index in [1.165, 1.54) is 6.33 Å². The molecule has 4 rings (SSSR count). The Balaban J connectivity index is 1.42. The maximum atomic E-state index is 12.3. The van der Waals surface area contributed by atoms with Crippen molar-refractivity contribution >= 4 is 22.9 Å². The van der Waals surface area contributed by atoms with Gasteiger partial charge >= 0.3 is 0 Å². The van der Waals surface area contributed by atoms with E-state index in [0.29, 0.717) is 17.9 Å². The molecule has 0 aliphatic carbocycles. The van der Waals surface area contributed by atoms with Crippen molar-refractivity contribution in [3.63, 3.8) is 0 Å². The summed E-state index contributed by atoms with van der Waals surface area (Å²) in [6.07, 6.45) is 3.17. The fourth-order valence-electron chi connectivity index (χ4n) is 2.39. The molecule has 1 aromatic carbocycles. The Labute approximate surface area is 147 Å². The van der Waals surface area contributed by atoms with E-state index < -0.39 is 0 Å². The van der Waals surface area contributed by atoms with Gasteiger partial charge < -0.3 is 5.32 Å². The number of thiophene rings is 1. The van der Waals surface area contributed by atoms with Crippen LogP contribution in [0.4, 0.5) is 5.69 Å². The number of amides is 1. The molecule has 7 nitrogen and oxygen atoms in total. The number of hydrogen-bond donors (Lipinski definition) is 2. The van der Waals surface area contributed by atoms with Crippen LogP contribution in [0.1, 0.15) is 16.1 Å². The number of H-pyrrole nitrogens is 1. The van der Waals surface area contributed by atoms with Gasteiger partial charge in [-0.15, -0.1) is 11.3 Å². The van der Waals surface area contributed by atoms with Crippen molar-refractivity contribution in [1.82, 2.24) is 25.0 Å². The summed E-state index contributed by atoms with van der Waals surface area (Å²) in [6.45, 7) is 0.637. The molecular formula is C17H14N6OS. The van der Waals surface area contributed by atoms with Crippen LogP contribution in [-0.4, -0.2) is 30.9 Å². The summed E-state index contributed by atoms with van der Waals surface area (Å²) < 4.78 is 1.74. The fraction of sp³-hybridized carbons (Fsp3) is 0.0588. The highest BCUT2D eigenvalue weighted by molar-refractivity contribution is 7.13. The van der Waals surface area contributed by atoms with Gasteiger partial charge in [0.1, 0.15) is 12.7 Å². The van der Waals surface area contributed by atoms with Crippen molar-refractivity contribution in [1.29, 1.82) is 0 Å². The minimum atomic E-state index is -0.247. The third-order valence-corrected chi connectivity index (χ3v) is 4.52. The molecule has 124 valence electrons. The molecule has 0 radical (unpaired) electrons. The maximum absolute atomic E-state index is 12.3. The van der Waals surface area contributed by atoms with Crippen molar-refractivity contribution in [2.24, 2.45) is 0 Å². The number of aromatic nitrogens is 5.